The molecule has 1 atom stereocenters. The zero-order valence-corrected chi connectivity index (χ0v) is 12.2. The fourth-order valence-electron chi connectivity index (χ4n) is 2.71. The minimum Gasteiger partial charge on any atom is -0.313 e. The van der Waals surface area contributed by atoms with Gasteiger partial charge < -0.3 is 15.1 Å². The molecule has 3 heteroatoms. The molecule has 0 aromatic heterocycles. The molecule has 1 saturated heterocycles. The van der Waals surface area contributed by atoms with Crippen LogP contribution < -0.4 is 5.32 Å². The van der Waals surface area contributed by atoms with Crippen LogP contribution in [0.4, 0.5) is 0 Å². The van der Waals surface area contributed by atoms with Gasteiger partial charge in [0.25, 0.3) is 0 Å². The lowest BCUT2D eigenvalue weighted by atomic mass is 10.0. The van der Waals surface area contributed by atoms with Gasteiger partial charge in [-0.05, 0) is 59.4 Å². The SMILES string of the molecule is CCCNC(C)CN(C)C1CCN(CC)CC1. The summed E-state index contributed by atoms with van der Waals surface area (Å²) in [6.45, 7) is 12.9. The number of hydrogen-bond acceptors (Lipinski definition) is 3. The average Bonchev–Trinajstić information content (AvgIpc) is 2.36. The van der Waals surface area contributed by atoms with Crippen molar-refractivity contribution in [1.29, 1.82) is 0 Å². The Balaban J connectivity index is 2.21. The standard InChI is InChI=1S/C14H31N3/c1-5-9-15-13(3)12-16(4)14-7-10-17(6-2)11-8-14/h13-15H,5-12H2,1-4H3. The first-order valence-electron chi connectivity index (χ1n) is 7.33. The zero-order valence-electron chi connectivity index (χ0n) is 12.2. The maximum absolute atomic E-state index is 3.57. The molecule has 0 bridgehead atoms. The summed E-state index contributed by atoms with van der Waals surface area (Å²) in [7, 11) is 2.29. The molecule has 3 nitrogen and oxygen atoms in total. The molecule has 1 unspecified atom stereocenters. The smallest absolute Gasteiger partial charge is 0.0166 e. The molecule has 1 rings (SSSR count). The Morgan fingerprint density at radius 1 is 1.29 bits per heavy atom. The summed E-state index contributed by atoms with van der Waals surface area (Å²) in [6.07, 6.45) is 3.90. The zero-order chi connectivity index (χ0) is 12.7. The monoisotopic (exact) mass is 241 g/mol. The maximum atomic E-state index is 3.57. The number of nitrogens with zero attached hydrogens (tertiary/aromatic N) is 2. The van der Waals surface area contributed by atoms with E-state index in [4.69, 9.17) is 0 Å². The van der Waals surface area contributed by atoms with Crippen LogP contribution >= 0.6 is 0 Å². The van der Waals surface area contributed by atoms with Gasteiger partial charge in [-0.1, -0.05) is 13.8 Å². The lowest BCUT2D eigenvalue weighted by Gasteiger charge is -2.37. The van der Waals surface area contributed by atoms with E-state index in [2.05, 4.69) is 42.9 Å². The second-order valence-electron chi connectivity index (χ2n) is 5.46. The molecule has 1 heterocycles. The average molecular weight is 241 g/mol. The van der Waals surface area contributed by atoms with Crippen LogP contribution in [0.5, 0.6) is 0 Å². The molecular formula is C14H31N3. The Kier molecular flexibility index (Phi) is 7.09. The van der Waals surface area contributed by atoms with Gasteiger partial charge in [-0.15, -0.1) is 0 Å². The largest absolute Gasteiger partial charge is 0.313 e. The molecule has 0 spiro atoms. The summed E-state index contributed by atoms with van der Waals surface area (Å²) in [5.74, 6) is 0. The van der Waals surface area contributed by atoms with E-state index in [0.717, 1.165) is 12.6 Å². The molecule has 1 fully saturated rings. The van der Waals surface area contributed by atoms with E-state index < -0.39 is 0 Å². The van der Waals surface area contributed by atoms with Gasteiger partial charge in [-0.3, -0.25) is 0 Å². The molecule has 0 aromatic carbocycles. The highest BCUT2D eigenvalue weighted by molar-refractivity contribution is 4.79. The Bertz CT molecular complexity index is 188. The van der Waals surface area contributed by atoms with Crippen LogP contribution in [0.2, 0.25) is 0 Å². The Morgan fingerprint density at radius 3 is 2.47 bits per heavy atom. The lowest BCUT2D eigenvalue weighted by molar-refractivity contribution is 0.125. The molecule has 17 heavy (non-hydrogen) atoms. The van der Waals surface area contributed by atoms with Gasteiger partial charge in [0, 0.05) is 18.6 Å². The van der Waals surface area contributed by atoms with Crippen molar-refractivity contribution in [3.8, 4) is 0 Å². The van der Waals surface area contributed by atoms with E-state index in [-0.39, 0.29) is 0 Å². The van der Waals surface area contributed by atoms with Gasteiger partial charge in [-0.2, -0.15) is 0 Å². The molecular weight excluding hydrogens is 210 g/mol. The fraction of sp³-hybridized carbons (Fsp3) is 1.00. The van der Waals surface area contributed by atoms with Gasteiger partial charge in [0.2, 0.25) is 0 Å². The lowest BCUT2D eigenvalue weighted by Crippen LogP contribution is -2.47. The van der Waals surface area contributed by atoms with Gasteiger partial charge in [0.15, 0.2) is 0 Å². The molecule has 1 aliphatic rings. The molecule has 0 aliphatic carbocycles. The summed E-state index contributed by atoms with van der Waals surface area (Å²) in [6, 6.07) is 1.41. The number of hydrogen-bond donors (Lipinski definition) is 1. The van der Waals surface area contributed by atoms with E-state index in [1.54, 1.807) is 0 Å². The summed E-state index contributed by atoms with van der Waals surface area (Å²) < 4.78 is 0. The van der Waals surface area contributed by atoms with Crippen molar-refractivity contribution in [3.05, 3.63) is 0 Å². The first-order chi connectivity index (χ1) is 8.17. The normalized spacial score (nSPS) is 21.0. The van der Waals surface area contributed by atoms with Crippen molar-refractivity contribution >= 4 is 0 Å². The second kappa shape index (κ2) is 8.06. The van der Waals surface area contributed by atoms with Crippen molar-refractivity contribution < 1.29 is 0 Å². The second-order valence-corrected chi connectivity index (χ2v) is 5.46. The van der Waals surface area contributed by atoms with Crippen molar-refractivity contribution in [2.24, 2.45) is 0 Å². The molecule has 0 amide bonds. The highest BCUT2D eigenvalue weighted by Crippen LogP contribution is 2.15. The van der Waals surface area contributed by atoms with Crippen molar-refractivity contribution in [2.45, 2.75) is 52.1 Å². The first-order valence-corrected chi connectivity index (χ1v) is 7.33. The number of nitrogens with one attached hydrogen (secondary N) is 1. The molecule has 0 aromatic rings. The Labute approximate surface area is 108 Å². The van der Waals surface area contributed by atoms with E-state index in [0.29, 0.717) is 6.04 Å². The summed E-state index contributed by atoms with van der Waals surface area (Å²) in [5, 5.41) is 3.57. The predicted octanol–water partition coefficient (Wildman–Crippen LogP) is 1.79. The van der Waals surface area contributed by atoms with Gasteiger partial charge >= 0.3 is 0 Å². The van der Waals surface area contributed by atoms with E-state index in [1.807, 2.05) is 0 Å². The topological polar surface area (TPSA) is 18.5 Å². The molecule has 102 valence electrons. The van der Waals surface area contributed by atoms with Crippen LogP contribution in [-0.2, 0) is 0 Å². The minimum absolute atomic E-state index is 0.615. The number of piperidine rings is 1. The van der Waals surface area contributed by atoms with Crippen molar-refractivity contribution in [3.63, 3.8) is 0 Å². The van der Waals surface area contributed by atoms with Crippen LogP contribution in [-0.4, -0.2) is 61.7 Å². The summed E-state index contributed by atoms with van der Waals surface area (Å²) in [4.78, 5) is 5.11. The third kappa shape index (κ3) is 5.36. The van der Waals surface area contributed by atoms with E-state index in [9.17, 15) is 0 Å². The van der Waals surface area contributed by atoms with Gasteiger partial charge in [-0.25, -0.2) is 0 Å². The maximum Gasteiger partial charge on any atom is 0.0166 e. The quantitative estimate of drug-likeness (QED) is 0.733. The van der Waals surface area contributed by atoms with Crippen LogP contribution in [0, 0.1) is 0 Å². The highest BCUT2D eigenvalue weighted by Gasteiger charge is 2.22. The highest BCUT2D eigenvalue weighted by atomic mass is 15.2. The Hall–Kier alpha value is -0.120. The van der Waals surface area contributed by atoms with E-state index in [1.165, 1.54) is 45.4 Å². The number of likely N-dealkylation sites (tertiary alicyclic amines) is 1. The van der Waals surface area contributed by atoms with Crippen LogP contribution in [0.3, 0.4) is 0 Å². The third-order valence-electron chi connectivity index (χ3n) is 3.93. The summed E-state index contributed by atoms with van der Waals surface area (Å²) >= 11 is 0. The van der Waals surface area contributed by atoms with Crippen LogP contribution in [0.1, 0.15) is 40.0 Å². The molecule has 1 N–H and O–H groups in total. The van der Waals surface area contributed by atoms with Gasteiger partial charge in [0.1, 0.15) is 0 Å². The fourth-order valence-corrected chi connectivity index (χ4v) is 2.71. The number of rotatable bonds is 7. The number of likely N-dealkylation sites (N-methyl/N-ethyl adjacent to an activating group) is 1. The molecule has 0 saturated carbocycles. The van der Waals surface area contributed by atoms with E-state index >= 15 is 0 Å². The van der Waals surface area contributed by atoms with Crippen molar-refractivity contribution in [1.82, 2.24) is 15.1 Å². The van der Waals surface area contributed by atoms with Crippen LogP contribution in [0.15, 0.2) is 0 Å². The van der Waals surface area contributed by atoms with Gasteiger partial charge in [0.05, 0.1) is 0 Å². The van der Waals surface area contributed by atoms with Crippen molar-refractivity contribution in [2.75, 3.05) is 39.8 Å². The summed E-state index contributed by atoms with van der Waals surface area (Å²) in [5.41, 5.74) is 0. The Morgan fingerprint density at radius 2 is 1.94 bits per heavy atom. The third-order valence-corrected chi connectivity index (χ3v) is 3.93. The molecule has 0 radical (unpaired) electrons. The van der Waals surface area contributed by atoms with Crippen LogP contribution in [0.25, 0.3) is 0 Å². The minimum atomic E-state index is 0.615. The molecule has 1 aliphatic heterocycles. The first kappa shape index (κ1) is 14.9. The predicted molar refractivity (Wildman–Crippen MR) is 75.5 cm³/mol.